The SMILES string of the molecule is CC(Cl)c1nc(-c2ccccc2)nc(-c2ccccc2)n1. The van der Waals surface area contributed by atoms with Crippen molar-refractivity contribution in [2.75, 3.05) is 0 Å². The number of hydrogen-bond donors (Lipinski definition) is 0. The fraction of sp³-hybridized carbons (Fsp3) is 0.118. The minimum absolute atomic E-state index is 0.266. The Hall–Kier alpha value is -2.26. The highest BCUT2D eigenvalue weighted by molar-refractivity contribution is 6.20. The summed E-state index contributed by atoms with van der Waals surface area (Å²) in [4.78, 5) is 13.5. The summed E-state index contributed by atoms with van der Waals surface area (Å²) >= 11 is 6.17. The molecule has 0 aliphatic heterocycles. The number of nitrogens with zero attached hydrogens (tertiary/aromatic N) is 3. The predicted molar refractivity (Wildman–Crippen MR) is 85.0 cm³/mol. The van der Waals surface area contributed by atoms with Crippen LogP contribution in [0, 0.1) is 0 Å². The Morgan fingerprint density at radius 1 is 0.714 bits per heavy atom. The van der Waals surface area contributed by atoms with Crippen LogP contribution < -0.4 is 0 Å². The summed E-state index contributed by atoms with van der Waals surface area (Å²) in [5, 5.41) is -0.266. The van der Waals surface area contributed by atoms with Gasteiger partial charge in [0.05, 0.1) is 5.38 Å². The van der Waals surface area contributed by atoms with Gasteiger partial charge in [0, 0.05) is 11.1 Å². The Kier molecular flexibility index (Phi) is 3.93. The van der Waals surface area contributed by atoms with Gasteiger partial charge in [-0.1, -0.05) is 60.7 Å². The molecule has 4 heteroatoms. The third-order valence-corrected chi connectivity index (χ3v) is 3.27. The van der Waals surface area contributed by atoms with Gasteiger partial charge in [-0.05, 0) is 6.92 Å². The summed E-state index contributed by atoms with van der Waals surface area (Å²) in [5.41, 5.74) is 1.91. The molecule has 3 aromatic rings. The largest absolute Gasteiger partial charge is 0.211 e. The van der Waals surface area contributed by atoms with Gasteiger partial charge in [-0.15, -0.1) is 11.6 Å². The number of halogens is 1. The maximum Gasteiger partial charge on any atom is 0.163 e. The lowest BCUT2D eigenvalue weighted by atomic mass is 10.2. The molecule has 0 saturated heterocycles. The Morgan fingerprint density at radius 3 is 1.52 bits per heavy atom. The number of hydrogen-bond acceptors (Lipinski definition) is 3. The van der Waals surface area contributed by atoms with Crippen molar-refractivity contribution >= 4 is 11.6 Å². The minimum Gasteiger partial charge on any atom is -0.211 e. The zero-order chi connectivity index (χ0) is 14.7. The van der Waals surface area contributed by atoms with Gasteiger partial charge in [0.2, 0.25) is 0 Å². The lowest BCUT2D eigenvalue weighted by molar-refractivity contribution is 0.886. The lowest BCUT2D eigenvalue weighted by Crippen LogP contribution is -2.03. The van der Waals surface area contributed by atoms with E-state index in [0.29, 0.717) is 17.5 Å². The molecule has 104 valence electrons. The van der Waals surface area contributed by atoms with E-state index in [4.69, 9.17) is 11.6 Å². The third kappa shape index (κ3) is 3.09. The second-order valence-electron chi connectivity index (χ2n) is 4.69. The van der Waals surface area contributed by atoms with Crippen molar-refractivity contribution in [3.8, 4) is 22.8 Å². The molecule has 1 aromatic heterocycles. The van der Waals surface area contributed by atoms with Crippen molar-refractivity contribution < 1.29 is 0 Å². The molecule has 0 radical (unpaired) electrons. The van der Waals surface area contributed by atoms with Crippen molar-refractivity contribution in [2.45, 2.75) is 12.3 Å². The summed E-state index contributed by atoms with van der Waals surface area (Å²) in [6.07, 6.45) is 0. The van der Waals surface area contributed by atoms with E-state index in [1.165, 1.54) is 0 Å². The molecule has 0 spiro atoms. The van der Waals surface area contributed by atoms with E-state index in [1.807, 2.05) is 67.6 Å². The Morgan fingerprint density at radius 2 is 1.14 bits per heavy atom. The summed E-state index contributed by atoms with van der Waals surface area (Å²) in [7, 11) is 0. The van der Waals surface area contributed by atoms with Crippen LogP contribution >= 0.6 is 11.6 Å². The summed E-state index contributed by atoms with van der Waals surface area (Å²) < 4.78 is 0. The molecule has 0 amide bonds. The molecule has 0 aliphatic carbocycles. The van der Waals surface area contributed by atoms with Crippen LogP contribution in [0.5, 0.6) is 0 Å². The van der Waals surface area contributed by atoms with E-state index in [-0.39, 0.29) is 5.38 Å². The Balaban J connectivity index is 2.16. The van der Waals surface area contributed by atoms with Gasteiger partial charge in [0.1, 0.15) is 0 Å². The van der Waals surface area contributed by atoms with E-state index >= 15 is 0 Å². The van der Waals surface area contributed by atoms with Gasteiger partial charge < -0.3 is 0 Å². The first-order chi connectivity index (χ1) is 10.2. The average Bonchev–Trinajstić information content (AvgIpc) is 2.56. The summed E-state index contributed by atoms with van der Waals surface area (Å²) in [6.45, 7) is 1.86. The first-order valence-electron chi connectivity index (χ1n) is 6.75. The lowest BCUT2D eigenvalue weighted by Gasteiger charge is -2.08. The van der Waals surface area contributed by atoms with Crippen molar-refractivity contribution in [3.05, 3.63) is 66.5 Å². The highest BCUT2D eigenvalue weighted by Crippen LogP contribution is 2.23. The number of aromatic nitrogens is 3. The molecule has 3 nitrogen and oxygen atoms in total. The number of alkyl halides is 1. The van der Waals surface area contributed by atoms with E-state index in [0.717, 1.165) is 11.1 Å². The van der Waals surface area contributed by atoms with E-state index in [2.05, 4.69) is 15.0 Å². The first kappa shape index (κ1) is 13.7. The summed E-state index contributed by atoms with van der Waals surface area (Å²) in [6, 6.07) is 19.7. The molecule has 21 heavy (non-hydrogen) atoms. The predicted octanol–water partition coefficient (Wildman–Crippen LogP) is 4.51. The molecule has 0 fully saturated rings. The molecular weight excluding hydrogens is 282 g/mol. The van der Waals surface area contributed by atoms with Crippen LogP contribution in [0.4, 0.5) is 0 Å². The standard InChI is InChI=1S/C17H14ClN3/c1-12(18)15-19-16(13-8-4-2-5-9-13)21-17(20-15)14-10-6-3-7-11-14/h2-12H,1H3. The highest BCUT2D eigenvalue weighted by Gasteiger charge is 2.13. The average molecular weight is 296 g/mol. The molecule has 1 unspecified atom stereocenters. The maximum atomic E-state index is 6.17. The van der Waals surface area contributed by atoms with E-state index < -0.39 is 0 Å². The number of benzene rings is 2. The van der Waals surface area contributed by atoms with E-state index in [1.54, 1.807) is 0 Å². The van der Waals surface area contributed by atoms with Crippen LogP contribution in [0.2, 0.25) is 0 Å². The topological polar surface area (TPSA) is 38.7 Å². The molecule has 0 saturated carbocycles. The molecule has 2 aromatic carbocycles. The quantitative estimate of drug-likeness (QED) is 0.668. The van der Waals surface area contributed by atoms with Crippen LogP contribution in [0.3, 0.4) is 0 Å². The minimum atomic E-state index is -0.266. The van der Waals surface area contributed by atoms with Crippen molar-refractivity contribution in [1.29, 1.82) is 0 Å². The molecular formula is C17H14ClN3. The molecule has 3 rings (SSSR count). The smallest absolute Gasteiger partial charge is 0.163 e. The van der Waals surface area contributed by atoms with Gasteiger partial charge in [-0.2, -0.15) is 0 Å². The fourth-order valence-electron chi connectivity index (χ4n) is 2.00. The molecule has 0 bridgehead atoms. The molecule has 1 atom stereocenters. The van der Waals surface area contributed by atoms with Crippen LogP contribution in [-0.2, 0) is 0 Å². The van der Waals surface area contributed by atoms with Crippen molar-refractivity contribution in [2.24, 2.45) is 0 Å². The zero-order valence-electron chi connectivity index (χ0n) is 11.6. The van der Waals surface area contributed by atoms with E-state index in [9.17, 15) is 0 Å². The fourth-order valence-corrected chi connectivity index (χ4v) is 2.10. The van der Waals surface area contributed by atoms with Crippen LogP contribution in [0.25, 0.3) is 22.8 Å². The van der Waals surface area contributed by atoms with Gasteiger partial charge in [0.15, 0.2) is 17.5 Å². The molecule has 0 aliphatic rings. The second-order valence-corrected chi connectivity index (χ2v) is 5.34. The van der Waals surface area contributed by atoms with Gasteiger partial charge in [-0.25, -0.2) is 15.0 Å². The highest BCUT2D eigenvalue weighted by atomic mass is 35.5. The summed E-state index contributed by atoms with van der Waals surface area (Å²) in [5.74, 6) is 1.88. The molecule has 0 N–H and O–H groups in total. The Labute approximate surface area is 128 Å². The van der Waals surface area contributed by atoms with Gasteiger partial charge in [-0.3, -0.25) is 0 Å². The first-order valence-corrected chi connectivity index (χ1v) is 7.18. The van der Waals surface area contributed by atoms with Crippen LogP contribution in [-0.4, -0.2) is 15.0 Å². The van der Waals surface area contributed by atoms with Crippen LogP contribution in [0.15, 0.2) is 60.7 Å². The third-order valence-electron chi connectivity index (χ3n) is 3.07. The zero-order valence-corrected chi connectivity index (χ0v) is 12.3. The Bertz CT molecular complexity index is 670. The van der Waals surface area contributed by atoms with Crippen molar-refractivity contribution in [3.63, 3.8) is 0 Å². The normalized spacial score (nSPS) is 12.1. The van der Waals surface area contributed by atoms with Gasteiger partial charge in [0.25, 0.3) is 0 Å². The van der Waals surface area contributed by atoms with Crippen LogP contribution in [0.1, 0.15) is 18.1 Å². The van der Waals surface area contributed by atoms with Gasteiger partial charge >= 0.3 is 0 Å². The molecule has 1 heterocycles. The monoisotopic (exact) mass is 295 g/mol. The second kappa shape index (κ2) is 6.02. The van der Waals surface area contributed by atoms with Crippen molar-refractivity contribution in [1.82, 2.24) is 15.0 Å². The maximum absolute atomic E-state index is 6.17. The number of rotatable bonds is 3.